The van der Waals surface area contributed by atoms with Crippen LogP contribution in [0.4, 0.5) is 5.69 Å². The zero-order valence-corrected chi connectivity index (χ0v) is 16.6. The molecule has 1 heterocycles. The van der Waals surface area contributed by atoms with Gasteiger partial charge in [0.1, 0.15) is 0 Å². The highest BCUT2D eigenvalue weighted by atomic mass is 32.2. The molecule has 0 aliphatic carbocycles. The topological polar surface area (TPSA) is 111 Å². The van der Waals surface area contributed by atoms with Crippen molar-refractivity contribution in [3.8, 4) is 11.5 Å². The van der Waals surface area contributed by atoms with Crippen LogP contribution >= 0.6 is 0 Å². The van der Waals surface area contributed by atoms with Gasteiger partial charge in [0.15, 0.2) is 11.5 Å². The van der Waals surface area contributed by atoms with E-state index in [-0.39, 0.29) is 23.7 Å². The summed E-state index contributed by atoms with van der Waals surface area (Å²) in [6, 6.07) is 2.89. The Morgan fingerprint density at radius 3 is 2.33 bits per heavy atom. The highest BCUT2D eigenvalue weighted by Gasteiger charge is 2.31. The highest BCUT2D eigenvalue weighted by molar-refractivity contribution is 7.88. The summed E-state index contributed by atoms with van der Waals surface area (Å²) in [7, 11) is 0.731. The van der Waals surface area contributed by atoms with E-state index in [1.54, 1.807) is 0 Å². The van der Waals surface area contributed by atoms with Crippen LogP contribution in [0.2, 0.25) is 0 Å². The number of anilines is 1. The van der Waals surface area contributed by atoms with Crippen LogP contribution in [0.3, 0.4) is 0 Å². The molecular formula is C17H24N2O7S. The van der Waals surface area contributed by atoms with Crippen LogP contribution in [0.1, 0.15) is 23.2 Å². The molecule has 1 aromatic rings. The van der Waals surface area contributed by atoms with Crippen molar-refractivity contribution in [2.45, 2.75) is 12.8 Å². The second-order valence-corrected chi connectivity index (χ2v) is 8.18. The van der Waals surface area contributed by atoms with E-state index in [0.717, 1.165) is 6.26 Å². The number of benzene rings is 1. The molecule has 1 amide bonds. The van der Waals surface area contributed by atoms with Crippen molar-refractivity contribution in [2.24, 2.45) is 5.92 Å². The number of hydrogen-bond donors (Lipinski definition) is 1. The number of nitrogens with zero attached hydrogens (tertiary/aromatic N) is 1. The number of ether oxygens (including phenoxy) is 3. The van der Waals surface area contributed by atoms with E-state index in [4.69, 9.17) is 14.2 Å². The van der Waals surface area contributed by atoms with Gasteiger partial charge in [-0.15, -0.1) is 0 Å². The third-order valence-electron chi connectivity index (χ3n) is 4.41. The number of methoxy groups -OCH3 is 3. The Kier molecular flexibility index (Phi) is 6.66. The summed E-state index contributed by atoms with van der Waals surface area (Å²) >= 11 is 0. The first-order valence-corrected chi connectivity index (χ1v) is 10.2. The maximum atomic E-state index is 12.7. The van der Waals surface area contributed by atoms with Crippen molar-refractivity contribution in [3.05, 3.63) is 17.7 Å². The van der Waals surface area contributed by atoms with Crippen molar-refractivity contribution >= 4 is 27.6 Å². The molecule has 0 unspecified atom stereocenters. The van der Waals surface area contributed by atoms with Crippen molar-refractivity contribution in [3.63, 3.8) is 0 Å². The SMILES string of the molecule is COC(=O)c1cc(OC)c(OC)cc1NC(=O)[C@H]1CCCN(S(C)(=O)=O)C1. The molecule has 2 rings (SSSR count). The lowest BCUT2D eigenvalue weighted by atomic mass is 9.98. The summed E-state index contributed by atoms with van der Waals surface area (Å²) in [4.78, 5) is 24.8. The zero-order chi connectivity index (χ0) is 20.2. The molecule has 0 aromatic heterocycles. The maximum Gasteiger partial charge on any atom is 0.340 e. The van der Waals surface area contributed by atoms with Gasteiger partial charge in [0, 0.05) is 25.2 Å². The maximum absolute atomic E-state index is 12.7. The number of sulfonamides is 1. The Balaban J connectivity index is 2.29. The minimum atomic E-state index is -3.37. The van der Waals surface area contributed by atoms with Crippen LogP contribution in [0, 0.1) is 5.92 Å². The molecule has 27 heavy (non-hydrogen) atoms. The van der Waals surface area contributed by atoms with Gasteiger partial charge >= 0.3 is 5.97 Å². The highest BCUT2D eigenvalue weighted by Crippen LogP contribution is 2.34. The van der Waals surface area contributed by atoms with Crippen molar-refractivity contribution in [1.82, 2.24) is 4.31 Å². The van der Waals surface area contributed by atoms with E-state index in [9.17, 15) is 18.0 Å². The van der Waals surface area contributed by atoms with Crippen LogP contribution in [-0.4, -0.2) is 65.3 Å². The third kappa shape index (κ3) is 4.89. The lowest BCUT2D eigenvalue weighted by molar-refractivity contribution is -0.120. The van der Waals surface area contributed by atoms with Crippen LogP contribution < -0.4 is 14.8 Å². The average molecular weight is 400 g/mol. The van der Waals surface area contributed by atoms with Crippen molar-refractivity contribution < 1.29 is 32.2 Å². The van der Waals surface area contributed by atoms with E-state index in [2.05, 4.69) is 5.32 Å². The van der Waals surface area contributed by atoms with Gasteiger partial charge in [-0.3, -0.25) is 4.79 Å². The predicted molar refractivity (Wildman–Crippen MR) is 98.7 cm³/mol. The first-order valence-electron chi connectivity index (χ1n) is 8.31. The summed E-state index contributed by atoms with van der Waals surface area (Å²) in [5.74, 6) is -0.890. The van der Waals surface area contributed by atoms with Crippen LogP contribution in [-0.2, 0) is 19.6 Å². The van der Waals surface area contributed by atoms with Gasteiger partial charge in [-0.25, -0.2) is 17.5 Å². The molecule has 9 nitrogen and oxygen atoms in total. The monoisotopic (exact) mass is 400 g/mol. The molecule has 10 heteroatoms. The summed E-state index contributed by atoms with van der Waals surface area (Å²) < 4.78 is 40.0. The number of hydrogen-bond acceptors (Lipinski definition) is 7. The fourth-order valence-corrected chi connectivity index (χ4v) is 3.87. The fraction of sp³-hybridized carbons (Fsp3) is 0.529. The van der Waals surface area contributed by atoms with E-state index in [0.29, 0.717) is 30.9 Å². The molecule has 1 aliphatic rings. The first kappa shape index (κ1) is 21.0. The smallest absolute Gasteiger partial charge is 0.340 e. The molecule has 0 radical (unpaired) electrons. The van der Waals surface area contributed by atoms with E-state index < -0.39 is 21.9 Å². The lowest BCUT2D eigenvalue weighted by Crippen LogP contribution is -2.43. The van der Waals surface area contributed by atoms with Gasteiger partial charge < -0.3 is 19.5 Å². The van der Waals surface area contributed by atoms with Gasteiger partial charge in [-0.1, -0.05) is 0 Å². The number of carbonyl (C=O) groups is 2. The minimum absolute atomic E-state index is 0.103. The molecule has 1 atom stereocenters. The second-order valence-electron chi connectivity index (χ2n) is 6.19. The predicted octanol–water partition coefficient (Wildman–Crippen LogP) is 1.10. The lowest BCUT2D eigenvalue weighted by Gasteiger charge is -2.30. The van der Waals surface area contributed by atoms with Gasteiger partial charge in [0.2, 0.25) is 15.9 Å². The average Bonchev–Trinajstić information content (AvgIpc) is 2.66. The van der Waals surface area contributed by atoms with E-state index >= 15 is 0 Å². The number of rotatable bonds is 6. The van der Waals surface area contributed by atoms with Crippen LogP contribution in [0.15, 0.2) is 12.1 Å². The number of esters is 1. The van der Waals surface area contributed by atoms with Crippen molar-refractivity contribution in [1.29, 1.82) is 0 Å². The number of nitrogens with one attached hydrogen (secondary N) is 1. The normalized spacial score (nSPS) is 17.9. The van der Waals surface area contributed by atoms with Gasteiger partial charge in [-0.2, -0.15) is 0 Å². The first-order chi connectivity index (χ1) is 12.7. The summed E-state index contributed by atoms with van der Waals surface area (Å²) in [5, 5.41) is 2.70. The summed E-state index contributed by atoms with van der Waals surface area (Å²) in [5.41, 5.74) is 0.320. The fourth-order valence-electron chi connectivity index (χ4n) is 2.95. The number of piperidine rings is 1. The van der Waals surface area contributed by atoms with Gasteiger partial charge in [0.05, 0.1) is 44.8 Å². The molecule has 1 aromatic carbocycles. The van der Waals surface area contributed by atoms with Gasteiger partial charge in [-0.05, 0) is 12.8 Å². The van der Waals surface area contributed by atoms with Crippen molar-refractivity contribution in [2.75, 3.05) is 46.0 Å². The third-order valence-corrected chi connectivity index (χ3v) is 5.68. The van der Waals surface area contributed by atoms with Crippen LogP contribution in [0.25, 0.3) is 0 Å². The molecule has 0 spiro atoms. The standard InChI is InChI=1S/C17H24N2O7S/c1-24-14-8-12(17(21)26-3)13(9-15(14)25-2)18-16(20)11-6-5-7-19(10-11)27(4,22)23/h8-9,11H,5-7,10H2,1-4H3,(H,18,20)/t11-/m0/s1. The largest absolute Gasteiger partial charge is 0.493 e. The van der Waals surface area contributed by atoms with E-state index in [1.807, 2.05) is 0 Å². The molecule has 150 valence electrons. The minimum Gasteiger partial charge on any atom is -0.493 e. The molecule has 0 bridgehead atoms. The Labute approximate surface area is 158 Å². The zero-order valence-electron chi connectivity index (χ0n) is 15.8. The number of amides is 1. The molecular weight excluding hydrogens is 376 g/mol. The molecule has 1 N–H and O–H groups in total. The summed E-state index contributed by atoms with van der Waals surface area (Å²) in [6.45, 7) is 0.498. The van der Waals surface area contributed by atoms with E-state index in [1.165, 1.54) is 37.8 Å². The van der Waals surface area contributed by atoms with Crippen LogP contribution in [0.5, 0.6) is 11.5 Å². The Morgan fingerprint density at radius 2 is 1.78 bits per heavy atom. The molecule has 0 saturated carbocycles. The second kappa shape index (κ2) is 8.57. The Hall–Kier alpha value is -2.33. The molecule has 1 saturated heterocycles. The Bertz CT molecular complexity index is 823. The van der Waals surface area contributed by atoms with Gasteiger partial charge in [0.25, 0.3) is 0 Å². The number of carbonyl (C=O) groups excluding carboxylic acids is 2. The molecule has 1 aliphatic heterocycles. The quantitative estimate of drug-likeness (QED) is 0.712. The molecule has 1 fully saturated rings. The Morgan fingerprint density at radius 1 is 1.15 bits per heavy atom. The summed E-state index contributed by atoms with van der Waals surface area (Å²) in [6.07, 6.45) is 2.26.